The molecule has 2 nitrogen and oxygen atoms in total. The van der Waals surface area contributed by atoms with Crippen LogP contribution in [0.25, 0.3) is 0 Å². The van der Waals surface area contributed by atoms with Crippen LogP contribution >= 0.6 is 0 Å². The molecule has 3 heteroatoms. The van der Waals surface area contributed by atoms with Gasteiger partial charge in [-0.1, -0.05) is 13.8 Å². The van der Waals surface area contributed by atoms with Crippen LogP contribution in [0.4, 0.5) is 4.39 Å². The summed E-state index contributed by atoms with van der Waals surface area (Å²) in [5.41, 5.74) is 0.394. The van der Waals surface area contributed by atoms with Crippen molar-refractivity contribution in [3.63, 3.8) is 0 Å². The van der Waals surface area contributed by atoms with Crippen molar-refractivity contribution in [1.82, 2.24) is 0 Å². The molecule has 1 aromatic carbocycles. The van der Waals surface area contributed by atoms with E-state index in [-0.39, 0.29) is 11.8 Å². The zero-order valence-corrected chi connectivity index (χ0v) is 9.70. The van der Waals surface area contributed by atoms with Gasteiger partial charge in [0.15, 0.2) is 0 Å². The quantitative estimate of drug-likeness (QED) is 0.566. The van der Waals surface area contributed by atoms with Crippen LogP contribution in [0.2, 0.25) is 0 Å². The highest BCUT2D eigenvalue weighted by Gasteiger charge is 2.06. The highest BCUT2D eigenvalue weighted by molar-refractivity contribution is 5.89. The van der Waals surface area contributed by atoms with Crippen molar-refractivity contribution in [2.45, 2.75) is 26.7 Å². The second-order valence-electron chi connectivity index (χ2n) is 4.18. The van der Waals surface area contributed by atoms with Gasteiger partial charge in [-0.15, -0.1) is 0 Å². The fourth-order valence-corrected chi connectivity index (χ4v) is 1.33. The van der Waals surface area contributed by atoms with Crippen LogP contribution in [-0.2, 0) is 4.74 Å². The molecular formula is C13H17FO2. The topological polar surface area (TPSA) is 26.3 Å². The zero-order chi connectivity index (χ0) is 12.0. The lowest BCUT2D eigenvalue weighted by Gasteiger charge is -2.06. The van der Waals surface area contributed by atoms with Crippen molar-refractivity contribution in [3.8, 4) is 0 Å². The lowest BCUT2D eigenvalue weighted by molar-refractivity contribution is 0.0494. The van der Waals surface area contributed by atoms with Crippen molar-refractivity contribution in [3.05, 3.63) is 35.6 Å². The molecular weight excluding hydrogens is 207 g/mol. The summed E-state index contributed by atoms with van der Waals surface area (Å²) in [5, 5.41) is 0. The van der Waals surface area contributed by atoms with Crippen molar-refractivity contribution < 1.29 is 13.9 Å². The molecule has 0 saturated carbocycles. The number of hydrogen-bond acceptors (Lipinski definition) is 2. The zero-order valence-electron chi connectivity index (χ0n) is 9.70. The Morgan fingerprint density at radius 3 is 2.50 bits per heavy atom. The Bertz CT molecular complexity index is 330. The molecule has 0 atom stereocenters. The normalized spacial score (nSPS) is 10.5. The first kappa shape index (κ1) is 12.7. The van der Waals surface area contributed by atoms with E-state index >= 15 is 0 Å². The molecule has 0 aliphatic carbocycles. The molecule has 0 N–H and O–H groups in total. The van der Waals surface area contributed by atoms with Crippen LogP contribution in [0.1, 0.15) is 37.0 Å². The number of esters is 1. The third-order valence-corrected chi connectivity index (χ3v) is 2.24. The third kappa shape index (κ3) is 4.43. The predicted molar refractivity (Wildman–Crippen MR) is 60.8 cm³/mol. The standard InChI is InChI=1S/C13H17FO2/c1-10(2)4-3-9-16-13(15)11-5-7-12(14)8-6-11/h5-8,10H,3-4,9H2,1-2H3. The number of carbonyl (C=O) groups excluding carboxylic acids is 1. The Morgan fingerprint density at radius 2 is 1.94 bits per heavy atom. The molecule has 0 unspecified atom stereocenters. The lowest BCUT2D eigenvalue weighted by atomic mass is 10.1. The predicted octanol–water partition coefficient (Wildman–Crippen LogP) is 3.42. The Labute approximate surface area is 95.4 Å². The lowest BCUT2D eigenvalue weighted by Crippen LogP contribution is -2.07. The molecule has 0 spiro atoms. The summed E-state index contributed by atoms with van der Waals surface area (Å²) in [6.07, 6.45) is 1.90. The maximum absolute atomic E-state index is 12.6. The molecule has 0 radical (unpaired) electrons. The summed E-state index contributed by atoms with van der Waals surface area (Å²) in [6, 6.07) is 5.37. The van der Waals surface area contributed by atoms with Crippen LogP contribution in [0.15, 0.2) is 24.3 Å². The maximum Gasteiger partial charge on any atom is 0.338 e. The smallest absolute Gasteiger partial charge is 0.338 e. The van der Waals surface area contributed by atoms with E-state index < -0.39 is 0 Å². The number of ether oxygens (including phenoxy) is 1. The second kappa shape index (κ2) is 6.26. The molecule has 1 rings (SSSR count). The minimum atomic E-state index is -0.385. The summed E-state index contributed by atoms with van der Waals surface area (Å²) in [5.74, 6) is -0.121. The van der Waals surface area contributed by atoms with Gasteiger partial charge in [0, 0.05) is 0 Å². The van der Waals surface area contributed by atoms with E-state index in [1.165, 1.54) is 24.3 Å². The second-order valence-corrected chi connectivity index (χ2v) is 4.18. The largest absolute Gasteiger partial charge is 0.462 e. The summed E-state index contributed by atoms with van der Waals surface area (Å²) < 4.78 is 17.7. The molecule has 0 aromatic heterocycles. The van der Waals surface area contributed by atoms with Gasteiger partial charge in [-0.25, -0.2) is 9.18 Å². The third-order valence-electron chi connectivity index (χ3n) is 2.24. The van der Waals surface area contributed by atoms with Crippen LogP contribution in [-0.4, -0.2) is 12.6 Å². The van der Waals surface area contributed by atoms with E-state index in [1.54, 1.807) is 0 Å². The van der Waals surface area contributed by atoms with Crippen LogP contribution in [0.3, 0.4) is 0 Å². The number of benzene rings is 1. The van der Waals surface area contributed by atoms with Gasteiger partial charge in [0.05, 0.1) is 12.2 Å². The molecule has 0 heterocycles. The summed E-state index contributed by atoms with van der Waals surface area (Å²) in [4.78, 5) is 11.5. The van der Waals surface area contributed by atoms with Gasteiger partial charge in [0.25, 0.3) is 0 Å². The molecule has 0 aliphatic rings. The summed E-state index contributed by atoms with van der Waals surface area (Å²) in [6.45, 7) is 4.68. The van der Waals surface area contributed by atoms with Gasteiger partial charge in [0.2, 0.25) is 0 Å². The highest BCUT2D eigenvalue weighted by atomic mass is 19.1. The number of carbonyl (C=O) groups is 1. The highest BCUT2D eigenvalue weighted by Crippen LogP contribution is 2.07. The van der Waals surface area contributed by atoms with Crippen molar-refractivity contribution in [1.29, 1.82) is 0 Å². The van der Waals surface area contributed by atoms with Gasteiger partial charge >= 0.3 is 5.97 Å². The van der Waals surface area contributed by atoms with E-state index in [9.17, 15) is 9.18 Å². The molecule has 0 aliphatic heterocycles. The Morgan fingerprint density at radius 1 is 1.31 bits per heavy atom. The van der Waals surface area contributed by atoms with E-state index in [0.29, 0.717) is 18.1 Å². The van der Waals surface area contributed by atoms with E-state index in [4.69, 9.17) is 4.74 Å². The monoisotopic (exact) mass is 224 g/mol. The minimum Gasteiger partial charge on any atom is -0.462 e. The average molecular weight is 224 g/mol. The fraction of sp³-hybridized carbons (Fsp3) is 0.462. The Balaban J connectivity index is 2.32. The van der Waals surface area contributed by atoms with Gasteiger partial charge < -0.3 is 4.74 Å². The van der Waals surface area contributed by atoms with Gasteiger partial charge in [-0.3, -0.25) is 0 Å². The maximum atomic E-state index is 12.6. The molecule has 1 aromatic rings. The first-order valence-electron chi connectivity index (χ1n) is 5.52. The molecule has 88 valence electrons. The SMILES string of the molecule is CC(C)CCCOC(=O)c1ccc(F)cc1. The molecule has 0 saturated heterocycles. The van der Waals surface area contributed by atoms with Crippen LogP contribution in [0, 0.1) is 11.7 Å². The molecule has 0 amide bonds. The van der Waals surface area contributed by atoms with E-state index in [1.807, 2.05) is 0 Å². The van der Waals surface area contributed by atoms with Crippen molar-refractivity contribution in [2.24, 2.45) is 5.92 Å². The number of hydrogen-bond donors (Lipinski definition) is 0. The van der Waals surface area contributed by atoms with Gasteiger partial charge in [-0.05, 0) is 43.0 Å². The summed E-state index contributed by atoms with van der Waals surface area (Å²) in [7, 11) is 0. The molecule has 0 bridgehead atoms. The first-order chi connectivity index (χ1) is 7.59. The van der Waals surface area contributed by atoms with Gasteiger partial charge in [-0.2, -0.15) is 0 Å². The minimum absolute atomic E-state index is 0.351. The fourth-order valence-electron chi connectivity index (χ4n) is 1.33. The Hall–Kier alpha value is -1.38. The first-order valence-corrected chi connectivity index (χ1v) is 5.52. The van der Waals surface area contributed by atoms with Crippen molar-refractivity contribution in [2.75, 3.05) is 6.61 Å². The van der Waals surface area contributed by atoms with E-state index in [2.05, 4.69) is 13.8 Å². The average Bonchev–Trinajstić information content (AvgIpc) is 2.25. The van der Waals surface area contributed by atoms with Crippen LogP contribution < -0.4 is 0 Å². The number of halogens is 1. The number of rotatable bonds is 5. The molecule has 0 fully saturated rings. The summed E-state index contributed by atoms with van der Waals surface area (Å²) >= 11 is 0. The van der Waals surface area contributed by atoms with Gasteiger partial charge in [0.1, 0.15) is 5.82 Å². The molecule has 16 heavy (non-hydrogen) atoms. The van der Waals surface area contributed by atoms with Crippen molar-refractivity contribution >= 4 is 5.97 Å². The Kier molecular flexibility index (Phi) is 4.96. The van der Waals surface area contributed by atoms with Crippen LogP contribution in [0.5, 0.6) is 0 Å². The van der Waals surface area contributed by atoms with E-state index in [0.717, 1.165) is 12.8 Å².